The van der Waals surface area contributed by atoms with E-state index in [1.165, 1.54) is 161 Å². The van der Waals surface area contributed by atoms with Crippen LogP contribution < -0.4 is 0 Å². The molecule has 0 bridgehead atoms. The van der Waals surface area contributed by atoms with E-state index in [-0.39, 0.29) is 25.7 Å². The number of phosphoric acid groups is 2. The van der Waals surface area contributed by atoms with E-state index >= 15 is 0 Å². The van der Waals surface area contributed by atoms with Crippen LogP contribution in [0.2, 0.25) is 0 Å². The Balaban J connectivity index is 5.16. The second kappa shape index (κ2) is 63.5. The van der Waals surface area contributed by atoms with Crippen molar-refractivity contribution in [3.63, 3.8) is 0 Å². The lowest BCUT2D eigenvalue weighted by atomic mass is 10.0. The Bertz CT molecular complexity index is 1830. The molecule has 0 aliphatic carbocycles. The number of unbranched alkanes of at least 4 members (excludes halogenated alkanes) is 37. The standard InChI is InChI=1S/C74H144O17P2/c1-64(2)50-42-34-26-21-17-15-13-11-9-10-12-14-16-18-23-29-40-48-56-73(78)90-69(60-84-71(76)54-46-38-31-25-28-36-44-52-66(5)6)62-88-92(80,81)86-58-68(75)59-87-93(82,83)89-63-70(61-85-72(77)55-47-39-33-32-37-45-53-67(7)8)91-74(79)57-49-41-30-24-20-19-22-27-35-43-51-65(3)4/h64-70,75H,9-63H2,1-8H3,(H,80,81)(H,82,83)/t68?,69-,70-/m1/s1. The molecule has 19 heteroatoms. The second-order valence-corrected chi connectivity index (χ2v) is 31.5. The third-order valence-corrected chi connectivity index (χ3v) is 19.0. The smallest absolute Gasteiger partial charge is 0.462 e. The number of carbonyl (C=O) groups is 4. The second-order valence-electron chi connectivity index (χ2n) is 28.6. The number of hydrogen-bond acceptors (Lipinski definition) is 15. The van der Waals surface area contributed by atoms with E-state index in [1.54, 1.807) is 0 Å². The molecule has 3 unspecified atom stereocenters. The van der Waals surface area contributed by atoms with Crippen molar-refractivity contribution in [1.82, 2.24) is 0 Å². The molecule has 0 aromatic heterocycles. The highest BCUT2D eigenvalue weighted by atomic mass is 31.2. The average molecular weight is 1370 g/mol. The summed E-state index contributed by atoms with van der Waals surface area (Å²) in [5, 5.41) is 10.6. The van der Waals surface area contributed by atoms with Crippen LogP contribution in [0.5, 0.6) is 0 Å². The lowest BCUT2D eigenvalue weighted by molar-refractivity contribution is -0.161. The number of rotatable bonds is 71. The lowest BCUT2D eigenvalue weighted by Gasteiger charge is -2.21. The fraction of sp³-hybridized carbons (Fsp3) is 0.946. The summed E-state index contributed by atoms with van der Waals surface area (Å²) in [6, 6.07) is 0. The van der Waals surface area contributed by atoms with Gasteiger partial charge < -0.3 is 33.8 Å². The number of esters is 4. The fourth-order valence-electron chi connectivity index (χ4n) is 11.2. The molecule has 0 rings (SSSR count). The van der Waals surface area contributed by atoms with Crippen LogP contribution in [-0.4, -0.2) is 96.7 Å². The molecule has 0 spiro atoms. The molecule has 0 radical (unpaired) electrons. The van der Waals surface area contributed by atoms with Crippen LogP contribution in [-0.2, 0) is 65.4 Å². The van der Waals surface area contributed by atoms with Gasteiger partial charge in [0.2, 0.25) is 0 Å². The van der Waals surface area contributed by atoms with E-state index in [0.29, 0.717) is 37.5 Å². The quantitative estimate of drug-likeness (QED) is 0.0222. The van der Waals surface area contributed by atoms with Crippen molar-refractivity contribution in [2.75, 3.05) is 39.6 Å². The van der Waals surface area contributed by atoms with Gasteiger partial charge in [-0.15, -0.1) is 0 Å². The van der Waals surface area contributed by atoms with Crippen LogP contribution in [0.1, 0.15) is 370 Å². The van der Waals surface area contributed by atoms with Crippen LogP contribution in [0.25, 0.3) is 0 Å². The number of carbonyl (C=O) groups excluding carboxylic acids is 4. The molecule has 0 saturated carbocycles. The minimum atomic E-state index is -4.95. The Hall–Kier alpha value is -1.94. The molecule has 5 atom stereocenters. The van der Waals surface area contributed by atoms with Gasteiger partial charge in [-0.2, -0.15) is 0 Å². The number of aliphatic hydroxyl groups is 1. The summed E-state index contributed by atoms with van der Waals surface area (Å²) >= 11 is 0. The first kappa shape index (κ1) is 91.1. The molecule has 552 valence electrons. The van der Waals surface area contributed by atoms with E-state index in [9.17, 15) is 43.2 Å². The van der Waals surface area contributed by atoms with E-state index in [0.717, 1.165) is 115 Å². The molecule has 3 N–H and O–H groups in total. The monoisotopic (exact) mass is 1370 g/mol. The lowest BCUT2D eigenvalue weighted by Crippen LogP contribution is -2.30. The molecule has 17 nitrogen and oxygen atoms in total. The SMILES string of the molecule is CC(C)CCCCCCCCCCCCCCCCCCCCC(=O)O[C@H](COC(=O)CCCCCCCCCC(C)C)COP(=O)(O)OCC(O)COP(=O)(O)OC[C@@H](COC(=O)CCCCCCCCC(C)C)OC(=O)CCCCCCCCCCCCC(C)C. The van der Waals surface area contributed by atoms with Gasteiger partial charge in [0.15, 0.2) is 12.2 Å². The molecule has 0 aromatic rings. The maximum Gasteiger partial charge on any atom is 0.472 e. The molecule has 93 heavy (non-hydrogen) atoms. The van der Waals surface area contributed by atoms with Gasteiger partial charge in [-0.05, 0) is 49.4 Å². The molecule has 0 aliphatic heterocycles. The highest BCUT2D eigenvalue weighted by molar-refractivity contribution is 7.47. The zero-order valence-electron chi connectivity index (χ0n) is 60.9. The number of hydrogen-bond donors (Lipinski definition) is 3. The van der Waals surface area contributed by atoms with E-state index < -0.39 is 97.5 Å². The minimum Gasteiger partial charge on any atom is -0.462 e. The summed E-state index contributed by atoms with van der Waals surface area (Å²) < 4.78 is 68.3. The van der Waals surface area contributed by atoms with Gasteiger partial charge in [0.05, 0.1) is 26.4 Å². The number of aliphatic hydroxyl groups excluding tert-OH is 1. The van der Waals surface area contributed by atoms with E-state index in [1.807, 2.05) is 0 Å². The van der Waals surface area contributed by atoms with Crippen molar-refractivity contribution >= 4 is 39.5 Å². The summed E-state index contributed by atoms with van der Waals surface area (Å²) in [7, 11) is -9.91. The minimum absolute atomic E-state index is 0.104. The van der Waals surface area contributed by atoms with E-state index in [4.69, 9.17) is 37.0 Å². The molecule has 0 amide bonds. The maximum absolute atomic E-state index is 13.0. The summed E-state index contributed by atoms with van der Waals surface area (Å²) in [5.74, 6) is 0.829. The van der Waals surface area contributed by atoms with Gasteiger partial charge in [-0.3, -0.25) is 37.3 Å². The van der Waals surface area contributed by atoms with Crippen LogP contribution >= 0.6 is 15.6 Å². The molecule has 0 aromatic carbocycles. The highest BCUT2D eigenvalue weighted by Gasteiger charge is 2.30. The Morgan fingerprint density at radius 3 is 0.667 bits per heavy atom. The van der Waals surface area contributed by atoms with Gasteiger partial charge in [0, 0.05) is 25.7 Å². The Labute approximate surface area is 568 Å². The third-order valence-electron chi connectivity index (χ3n) is 17.1. The molecular formula is C74H144O17P2. The summed E-state index contributed by atoms with van der Waals surface area (Å²) in [5.41, 5.74) is 0. The molecule has 0 aliphatic rings. The van der Waals surface area contributed by atoms with Crippen molar-refractivity contribution < 1.29 is 80.2 Å². The zero-order valence-corrected chi connectivity index (χ0v) is 62.7. The van der Waals surface area contributed by atoms with Crippen LogP contribution in [0, 0.1) is 23.7 Å². The first-order chi connectivity index (χ1) is 44.6. The topological polar surface area (TPSA) is 237 Å². The van der Waals surface area contributed by atoms with Crippen molar-refractivity contribution in [2.45, 2.75) is 388 Å². The summed E-state index contributed by atoms with van der Waals surface area (Å²) in [6.07, 6.45) is 47.6. The molecule has 0 heterocycles. The van der Waals surface area contributed by atoms with Crippen LogP contribution in [0.15, 0.2) is 0 Å². The highest BCUT2D eigenvalue weighted by Crippen LogP contribution is 2.45. The van der Waals surface area contributed by atoms with Gasteiger partial charge in [0.25, 0.3) is 0 Å². The predicted octanol–water partition coefficient (Wildman–Crippen LogP) is 21.3. The Morgan fingerprint density at radius 1 is 0.269 bits per heavy atom. The van der Waals surface area contributed by atoms with Gasteiger partial charge in [0.1, 0.15) is 19.3 Å². The summed E-state index contributed by atoms with van der Waals surface area (Å²) in [6.45, 7) is 14.1. The normalized spacial score (nSPS) is 14.2. The maximum atomic E-state index is 13.0. The van der Waals surface area contributed by atoms with Crippen molar-refractivity contribution in [2.24, 2.45) is 23.7 Å². The average Bonchev–Trinajstić information content (AvgIpc) is 3.58. The number of ether oxygens (including phenoxy) is 4. The Kier molecular flexibility index (Phi) is 62.2. The fourth-order valence-corrected chi connectivity index (χ4v) is 12.8. The van der Waals surface area contributed by atoms with Crippen molar-refractivity contribution in [3.05, 3.63) is 0 Å². The van der Waals surface area contributed by atoms with Crippen molar-refractivity contribution in [1.29, 1.82) is 0 Å². The molecule has 0 fully saturated rings. The van der Waals surface area contributed by atoms with Gasteiger partial charge in [-0.25, -0.2) is 9.13 Å². The third kappa shape index (κ3) is 68.4. The van der Waals surface area contributed by atoms with Gasteiger partial charge in [-0.1, -0.05) is 319 Å². The Morgan fingerprint density at radius 2 is 0.452 bits per heavy atom. The van der Waals surface area contributed by atoms with Crippen molar-refractivity contribution in [3.8, 4) is 0 Å². The van der Waals surface area contributed by atoms with Crippen LogP contribution in [0.3, 0.4) is 0 Å². The van der Waals surface area contributed by atoms with E-state index in [2.05, 4.69) is 55.4 Å². The summed E-state index contributed by atoms with van der Waals surface area (Å²) in [4.78, 5) is 72.6. The zero-order chi connectivity index (χ0) is 68.9. The number of phosphoric ester groups is 2. The largest absolute Gasteiger partial charge is 0.472 e. The first-order valence-electron chi connectivity index (χ1n) is 38.2. The molecule has 0 saturated heterocycles. The van der Waals surface area contributed by atoms with Crippen LogP contribution in [0.4, 0.5) is 0 Å². The first-order valence-corrected chi connectivity index (χ1v) is 41.2. The molecular weight excluding hydrogens is 1220 g/mol. The predicted molar refractivity (Wildman–Crippen MR) is 377 cm³/mol. The van der Waals surface area contributed by atoms with Gasteiger partial charge >= 0.3 is 39.5 Å².